The molecule has 0 spiro atoms. The average molecular weight is 303 g/mol. The maximum atomic E-state index is 8.95. The molecular formula is C16H21N3O3. The minimum absolute atomic E-state index is 0.375. The van der Waals surface area contributed by atoms with E-state index in [4.69, 9.17) is 9.53 Å². The van der Waals surface area contributed by atoms with Crippen LogP contribution in [0.2, 0.25) is 0 Å². The van der Waals surface area contributed by atoms with Gasteiger partial charge in [-0.2, -0.15) is 0 Å². The van der Waals surface area contributed by atoms with Crippen molar-refractivity contribution in [3.63, 3.8) is 0 Å². The normalized spacial score (nSPS) is 14.3. The van der Waals surface area contributed by atoms with Crippen LogP contribution in [0.15, 0.2) is 24.4 Å². The fourth-order valence-corrected chi connectivity index (χ4v) is 2.39. The number of aromatic nitrogens is 2. The van der Waals surface area contributed by atoms with Crippen LogP contribution < -0.4 is 4.74 Å². The Morgan fingerprint density at radius 1 is 1.27 bits per heavy atom. The number of ether oxygens (including phenoxy) is 2. The van der Waals surface area contributed by atoms with Crippen LogP contribution in [0.3, 0.4) is 0 Å². The second-order valence-corrected chi connectivity index (χ2v) is 5.03. The van der Waals surface area contributed by atoms with Crippen LogP contribution in [0.5, 0.6) is 5.75 Å². The van der Waals surface area contributed by atoms with Gasteiger partial charge < -0.3 is 9.47 Å². The molecule has 0 bridgehead atoms. The number of carbonyl (C=O) groups is 1. The topological polar surface area (TPSA) is 64.6 Å². The lowest BCUT2D eigenvalue weighted by Gasteiger charge is -2.13. The predicted octanol–water partition coefficient (Wildman–Crippen LogP) is 2.02. The van der Waals surface area contributed by atoms with Crippen molar-refractivity contribution in [1.29, 1.82) is 0 Å². The maximum Gasteiger partial charge on any atom is 0.292 e. The zero-order valence-corrected chi connectivity index (χ0v) is 13.0. The lowest BCUT2D eigenvalue weighted by atomic mass is 10.2. The first-order chi connectivity index (χ1) is 10.8. The lowest BCUT2D eigenvalue weighted by Crippen LogP contribution is -2.19. The summed E-state index contributed by atoms with van der Waals surface area (Å²) >= 11 is 0. The molecule has 0 unspecified atom stereocenters. The Hall–Kier alpha value is -2.21. The largest absolute Gasteiger partial charge is 0.497 e. The monoisotopic (exact) mass is 303 g/mol. The summed E-state index contributed by atoms with van der Waals surface area (Å²) in [6.45, 7) is 3.58. The molecule has 1 fully saturated rings. The fraction of sp³-hybridized carbons (Fsp3) is 0.438. The van der Waals surface area contributed by atoms with Gasteiger partial charge in [0.2, 0.25) is 0 Å². The number of likely N-dealkylation sites (tertiary alicyclic amines) is 1. The fourth-order valence-electron chi connectivity index (χ4n) is 2.39. The number of hydrogen-bond donors (Lipinski definition) is 0. The Balaban J connectivity index is 0.000000396. The van der Waals surface area contributed by atoms with E-state index in [1.54, 1.807) is 7.11 Å². The molecule has 6 heteroatoms. The van der Waals surface area contributed by atoms with Gasteiger partial charge in [-0.25, -0.2) is 9.97 Å². The van der Waals surface area contributed by atoms with Crippen LogP contribution in [0.1, 0.15) is 18.7 Å². The van der Waals surface area contributed by atoms with Crippen molar-refractivity contribution >= 4 is 17.4 Å². The summed E-state index contributed by atoms with van der Waals surface area (Å²) < 4.78 is 9.06. The van der Waals surface area contributed by atoms with E-state index in [0.29, 0.717) is 6.47 Å². The molecule has 1 aliphatic heterocycles. The quantitative estimate of drug-likeness (QED) is 0.805. The molecule has 0 N–H and O–H groups in total. The number of rotatable bonds is 4. The zero-order chi connectivity index (χ0) is 15.8. The highest BCUT2D eigenvalue weighted by Crippen LogP contribution is 2.19. The molecule has 0 aliphatic carbocycles. The summed E-state index contributed by atoms with van der Waals surface area (Å²) in [4.78, 5) is 20.4. The summed E-state index contributed by atoms with van der Waals surface area (Å²) in [6.07, 6.45) is 4.48. The summed E-state index contributed by atoms with van der Waals surface area (Å²) in [5, 5.41) is 1.03. The van der Waals surface area contributed by atoms with Gasteiger partial charge in [-0.1, -0.05) is 0 Å². The number of fused-ring (bicyclic) bond motifs is 1. The van der Waals surface area contributed by atoms with Crippen LogP contribution in [0.4, 0.5) is 0 Å². The lowest BCUT2D eigenvalue weighted by molar-refractivity contribution is -0.126. The standard InChI is InChI=1S/C14H17N3O.C2H4O2/c1-18-12-4-5-13-11(8-12)9-15-14(16-13)10-17-6-2-3-7-17;1-4-2-3/h4-5,8-9H,2-3,6-7,10H2,1H3;2H,1H3. The summed E-state index contributed by atoms with van der Waals surface area (Å²) in [5.41, 5.74) is 0.986. The molecular weight excluding hydrogens is 282 g/mol. The Morgan fingerprint density at radius 2 is 2.00 bits per heavy atom. The van der Waals surface area contributed by atoms with Crippen molar-refractivity contribution < 1.29 is 14.3 Å². The SMILES string of the molecule is COC=O.COc1ccc2nc(CN3CCCC3)ncc2c1. The Bertz CT molecular complexity index is 613. The van der Waals surface area contributed by atoms with Crippen molar-refractivity contribution in [2.24, 2.45) is 0 Å². The zero-order valence-electron chi connectivity index (χ0n) is 13.0. The number of carbonyl (C=O) groups excluding carboxylic acids is 1. The minimum atomic E-state index is 0.375. The van der Waals surface area contributed by atoms with Crippen molar-refractivity contribution in [2.45, 2.75) is 19.4 Å². The van der Waals surface area contributed by atoms with E-state index in [0.717, 1.165) is 29.0 Å². The molecule has 0 radical (unpaired) electrons. The van der Waals surface area contributed by atoms with Crippen LogP contribution in [-0.4, -0.2) is 48.6 Å². The third kappa shape index (κ3) is 4.39. The van der Waals surface area contributed by atoms with Crippen molar-refractivity contribution in [3.8, 4) is 5.75 Å². The number of benzene rings is 1. The van der Waals surface area contributed by atoms with E-state index >= 15 is 0 Å². The van der Waals surface area contributed by atoms with Gasteiger partial charge in [0.25, 0.3) is 6.47 Å². The van der Waals surface area contributed by atoms with Gasteiger partial charge in [-0.05, 0) is 44.1 Å². The third-order valence-electron chi connectivity index (χ3n) is 3.50. The van der Waals surface area contributed by atoms with Crippen molar-refractivity contribution in [2.75, 3.05) is 27.3 Å². The second-order valence-electron chi connectivity index (χ2n) is 5.03. The smallest absolute Gasteiger partial charge is 0.292 e. The molecule has 118 valence electrons. The minimum Gasteiger partial charge on any atom is -0.497 e. The molecule has 1 aliphatic rings. The Morgan fingerprint density at radius 3 is 2.64 bits per heavy atom. The van der Waals surface area contributed by atoms with Crippen molar-refractivity contribution in [1.82, 2.24) is 14.9 Å². The van der Waals surface area contributed by atoms with Gasteiger partial charge in [-0.3, -0.25) is 9.69 Å². The van der Waals surface area contributed by atoms with E-state index in [1.165, 1.54) is 33.0 Å². The van der Waals surface area contributed by atoms with E-state index in [1.807, 2.05) is 24.4 Å². The second kappa shape index (κ2) is 8.29. The Labute approximate surface area is 130 Å². The molecule has 6 nitrogen and oxygen atoms in total. The van der Waals surface area contributed by atoms with Crippen LogP contribution in [0, 0.1) is 0 Å². The molecule has 0 saturated carbocycles. The van der Waals surface area contributed by atoms with Gasteiger partial charge in [0, 0.05) is 11.6 Å². The van der Waals surface area contributed by atoms with Gasteiger partial charge in [0.1, 0.15) is 11.6 Å². The number of hydrogen-bond acceptors (Lipinski definition) is 6. The van der Waals surface area contributed by atoms with Gasteiger partial charge in [0.05, 0.1) is 26.3 Å². The molecule has 2 heterocycles. The van der Waals surface area contributed by atoms with E-state index in [2.05, 4.69) is 19.6 Å². The highest BCUT2D eigenvalue weighted by molar-refractivity contribution is 5.79. The molecule has 0 amide bonds. The van der Waals surface area contributed by atoms with Crippen molar-refractivity contribution in [3.05, 3.63) is 30.2 Å². The van der Waals surface area contributed by atoms with Gasteiger partial charge in [-0.15, -0.1) is 0 Å². The first-order valence-electron chi connectivity index (χ1n) is 7.25. The predicted molar refractivity (Wildman–Crippen MR) is 83.7 cm³/mol. The summed E-state index contributed by atoms with van der Waals surface area (Å²) in [5.74, 6) is 1.76. The van der Waals surface area contributed by atoms with Gasteiger partial charge in [0.15, 0.2) is 0 Å². The summed E-state index contributed by atoms with van der Waals surface area (Å²) in [6, 6.07) is 5.90. The van der Waals surface area contributed by atoms with Gasteiger partial charge >= 0.3 is 0 Å². The molecule has 22 heavy (non-hydrogen) atoms. The average Bonchev–Trinajstić information content (AvgIpc) is 3.07. The first kappa shape index (κ1) is 16.2. The van der Waals surface area contributed by atoms with E-state index < -0.39 is 0 Å². The van der Waals surface area contributed by atoms with Crippen LogP contribution in [0.25, 0.3) is 10.9 Å². The highest BCUT2D eigenvalue weighted by Gasteiger charge is 2.13. The van der Waals surface area contributed by atoms with E-state index in [9.17, 15) is 0 Å². The third-order valence-corrected chi connectivity index (χ3v) is 3.50. The first-order valence-corrected chi connectivity index (χ1v) is 7.25. The maximum absolute atomic E-state index is 8.95. The number of nitrogens with zero attached hydrogens (tertiary/aromatic N) is 3. The van der Waals surface area contributed by atoms with Crippen LogP contribution in [-0.2, 0) is 16.1 Å². The number of methoxy groups -OCH3 is 2. The molecule has 1 aromatic carbocycles. The molecule has 0 atom stereocenters. The Kier molecular flexibility index (Phi) is 6.09. The summed E-state index contributed by atoms with van der Waals surface area (Å²) in [7, 11) is 2.98. The highest BCUT2D eigenvalue weighted by atomic mass is 16.5. The molecule has 1 aromatic heterocycles. The van der Waals surface area contributed by atoms with E-state index in [-0.39, 0.29) is 0 Å². The molecule has 3 rings (SSSR count). The molecule has 1 saturated heterocycles. The molecule has 2 aromatic rings. The van der Waals surface area contributed by atoms with Crippen LogP contribution >= 0.6 is 0 Å².